The van der Waals surface area contributed by atoms with E-state index in [1.165, 1.54) is 18.5 Å². The molecule has 0 amide bonds. The average molecular weight is 220 g/mol. The molecule has 16 heavy (non-hydrogen) atoms. The van der Waals surface area contributed by atoms with Crippen molar-refractivity contribution in [1.82, 2.24) is 19.8 Å². The number of rotatable bonds is 3. The summed E-state index contributed by atoms with van der Waals surface area (Å²) in [5.41, 5.74) is 1.39. The fourth-order valence-corrected chi connectivity index (χ4v) is 2.46. The van der Waals surface area contributed by atoms with Gasteiger partial charge in [-0.1, -0.05) is 0 Å². The Kier molecular flexibility index (Phi) is 2.69. The third-order valence-electron chi connectivity index (χ3n) is 3.69. The van der Waals surface area contributed by atoms with Crippen LogP contribution in [0.15, 0.2) is 12.5 Å². The zero-order valence-electron chi connectivity index (χ0n) is 9.89. The van der Waals surface area contributed by atoms with Crippen LogP contribution in [0.4, 0.5) is 0 Å². The molecule has 1 N–H and O–H groups in total. The molecular formula is C12H20N4. The van der Waals surface area contributed by atoms with E-state index in [1.807, 2.05) is 12.5 Å². The van der Waals surface area contributed by atoms with E-state index >= 15 is 0 Å². The summed E-state index contributed by atoms with van der Waals surface area (Å²) in [4.78, 5) is 6.84. The van der Waals surface area contributed by atoms with E-state index in [9.17, 15) is 0 Å². The topological polar surface area (TPSA) is 33.1 Å². The average Bonchev–Trinajstić information content (AvgIpc) is 3.03. The number of aromatic nitrogens is 2. The van der Waals surface area contributed by atoms with E-state index in [-0.39, 0.29) is 0 Å². The van der Waals surface area contributed by atoms with Crippen LogP contribution in [0.5, 0.6) is 0 Å². The van der Waals surface area contributed by atoms with E-state index in [0.717, 1.165) is 32.2 Å². The molecule has 4 nitrogen and oxygen atoms in total. The fraction of sp³-hybridized carbons (Fsp3) is 0.750. The van der Waals surface area contributed by atoms with E-state index < -0.39 is 0 Å². The van der Waals surface area contributed by atoms with Crippen molar-refractivity contribution in [2.45, 2.75) is 38.4 Å². The first-order chi connectivity index (χ1) is 7.84. The molecule has 4 heteroatoms. The van der Waals surface area contributed by atoms with Crippen molar-refractivity contribution in [2.75, 3.05) is 19.6 Å². The lowest BCUT2D eigenvalue weighted by Gasteiger charge is -2.33. The zero-order chi connectivity index (χ0) is 11.0. The molecule has 0 radical (unpaired) electrons. The lowest BCUT2D eigenvalue weighted by Crippen LogP contribution is -2.49. The summed E-state index contributed by atoms with van der Waals surface area (Å²) >= 11 is 0. The van der Waals surface area contributed by atoms with Gasteiger partial charge in [-0.25, -0.2) is 4.98 Å². The van der Waals surface area contributed by atoms with Crippen LogP contribution in [0.3, 0.4) is 0 Å². The summed E-state index contributed by atoms with van der Waals surface area (Å²) in [6.07, 6.45) is 6.70. The van der Waals surface area contributed by atoms with Crippen molar-refractivity contribution < 1.29 is 0 Å². The van der Waals surface area contributed by atoms with Gasteiger partial charge in [0.15, 0.2) is 0 Å². The van der Waals surface area contributed by atoms with Crippen molar-refractivity contribution in [1.29, 1.82) is 0 Å². The van der Waals surface area contributed by atoms with Crippen LogP contribution in [0.1, 0.15) is 31.5 Å². The molecule has 3 rings (SSSR count). The molecule has 2 fully saturated rings. The van der Waals surface area contributed by atoms with E-state index in [2.05, 4.69) is 26.7 Å². The maximum absolute atomic E-state index is 4.29. The summed E-state index contributed by atoms with van der Waals surface area (Å²) in [6, 6.07) is 1.38. The SMILES string of the molecule is CC1CNCCN1Cc1cncn1C1CC1. The lowest BCUT2D eigenvalue weighted by atomic mass is 10.2. The van der Waals surface area contributed by atoms with Gasteiger partial charge in [-0.05, 0) is 19.8 Å². The molecule has 88 valence electrons. The minimum Gasteiger partial charge on any atom is -0.330 e. The lowest BCUT2D eigenvalue weighted by molar-refractivity contribution is 0.162. The molecule has 1 unspecified atom stereocenters. The summed E-state index contributed by atoms with van der Waals surface area (Å²) in [5.74, 6) is 0. The minimum absolute atomic E-state index is 0.635. The molecule has 1 aromatic heterocycles. The van der Waals surface area contributed by atoms with Gasteiger partial charge in [-0.15, -0.1) is 0 Å². The Hall–Kier alpha value is -0.870. The molecule has 1 saturated heterocycles. The molecule has 2 aliphatic rings. The largest absolute Gasteiger partial charge is 0.330 e. The van der Waals surface area contributed by atoms with Gasteiger partial charge in [-0.3, -0.25) is 4.90 Å². The Balaban J connectivity index is 1.70. The van der Waals surface area contributed by atoms with Crippen molar-refractivity contribution in [2.24, 2.45) is 0 Å². The van der Waals surface area contributed by atoms with Gasteiger partial charge >= 0.3 is 0 Å². The first kappa shape index (κ1) is 10.3. The number of imidazole rings is 1. The van der Waals surface area contributed by atoms with Crippen molar-refractivity contribution in [3.8, 4) is 0 Å². The van der Waals surface area contributed by atoms with E-state index in [0.29, 0.717) is 6.04 Å². The standard InChI is InChI=1S/C12H20N4/c1-10-6-13-4-5-15(10)8-12-7-14-9-16(12)11-2-3-11/h7,9-11,13H,2-6,8H2,1H3. The third-order valence-corrected chi connectivity index (χ3v) is 3.69. The number of piperazine rings is 1. The van der Waals surface area contributed by atoms with Gasteiger partial charge in [0.05, 0.1) is 12.0 Å². The first-order valence-electron chi connectivity index (χ1n) is 6.30. The number of hydrogen-bond acceptors (Lipinski definition) is 3. The van der Waals surface area contributed by atoms with Crippen LogP contribution in [-0.2, 0) is 6.54 Å². The Labute approximate surface area is 96.7 Å². The minimum atomic E-state index is 0.635. The quantitative estimate of drug-likeness (QED) is 0.825. The molecule has 1 aromatic rings. The van der Waals surface area contributed by atoms with Crippen molar-refractivity contribution in [3.63, 3.8) is 0 Å². The Morgan fingerprint density at radius 2 is 2.38 bits per heavy atom. The summed E-state index contributed by atoms with van der Waals surface area (Å²) < 4.78 is 2.37. The Morgan fingerprint density at radius 3 is 3.12 bits per heavy atom. The van der Waals surface area contributed by atoms with E-state index in [4.69, 9.17) is 0 Å². The predicted molar refractivity (Wildman–Crippen MR) is 63.2 cm³/mol. The fourth-order valence-electron chi connectivity index (χ4n) is 2.46. The van der Waals surface area contributed by atoms with Crippen LogP contribution in [0.2, 0.25) is 0 Å². The molecule has 0 spiro atoms. The van der Waals surface area contributed by atoms with Gasteiger partial charge in [0.1, 0.15) is 0 Å². The zero-order valence-corrected chi connectivity index (χ0v) is 9.89. The second-order valence-corrected chi connectivity index (χ2v) is 5.05. The molecule has 0 aromatic carbocycles. The maximum Gasteiger partial charge on any atom is 0.0951 e. The molecule has 1 aliphatic heterocycles. The summed E-state index contributed by atoms with van der Waals surface area (Å²) in [6.45, 7) is 6.72. The van der Waals surface area contributed by atoms with Crippen LogP contribution < -0.4 is 5.32 Å². The van der Waals surface area contributed by atoms with Gasteiger partial charge in [0, 0.05) is 44.5 Å². The summed E-state index contributed by atoms with van der Waals surface area (Å²) in [7, 11) is 0. The van der Waals surface area contributed by atoms with Gasteiger partial charge in [0.2, 0.25) is 0 Å². The predicted octanol–water partition coefficient (Wildman–Crippen LogP) is 1.01. The maximum atomic E-state index is 4.29. The molecule has 0 bridgehead atoms. The molecule has 1 atom stereocenters. The van der Waals surface area contributed by atoms with Crippen LogP contribution in [0.25, 0.3) is 0 Å². The number of hydrogen-bond donors (Lipinski definition) is 1. The highest BCUT2D eigenvalue weighted by atomic mass is 15.2. The first-order valence-corrected chi connectivity index (χ1v) is 6.30. The van der Waals surface area contributed by atoms with Crippen molar-refractivity contribution >= 4 is 0 Å². The molecule has 1 aliphatic carbocycles. The smallest absolute Gasteiger partial charge is 0.0951 e. The Bertz CT molecular complexity index is 356. The van der Waals surface area contributed by atoms with E-state index in [1.54, 1.807) is 0 Å². The number of nitrogens with one attached hydrogen (secondary N) is 1. The highest BCUT2D eigenvalue weighted by Gasteiger charge is 2.26. The monoisotopic (exact) mass is 220 g/mol. The number of nitrogens with zero attached hydrogens (tertiary/aromatic N) is 3. The van der Waals surface area contributed by atoms with Gasteiger partial charge in [-0.2, -0.15) is 0 Å². The molecular weight excluding hydrogens is 200 g/mol. The Morgan fingerprint density at radius 1 is 1.50 bits per heavy atom. The molecule has 1 saturated carbocycles. The van der Waals surface area contributed by atoms with Crippen LogP contribution in [0, 0.1) is 0 Å². The normalized spacial score (nSPS) is 27.2. The van der Waals surface area contributed by atoms with Crippen LogP contribution in [-0.4, -0.2) is 40.1 Å². The third kappa shape index (κ3) is 1.99. The van der Waals surface area contributed by atoms with Gasteiger partial charge in [0.25, 0.3) is 0 Å². The summed E-state index contributed by atoms with van der Waals surface area (Å²) in [5, 5.41) is 3.43. The second kappa shape index (κ2) is 4.18. The van der Waals surface area contributed by atoms with Crippen molar-refractivity contribution in [3.05, 3.63) is 18.2 Å². The molecule has 2 heterocycles. The van der Waals surface area contributed by atoms with Crippen LogP contribution >= 0.6 is 0 Å². The van der Waals surface area contributed by atoms with Gasteiger partial charge < -0.3 is 9.88 Å². The highest BCUT2D eigenvalue weighted by molar-refractivity contribution is 5.04. The second-order valence-electron chi connectivity index (χ2n) is 5.05. The highest BCUT2D eigenvalue weighted by Crippen LogP contribution is 2.35.